The average molecular weight is 292 g/mol. The van der Waals surface area contributed by atoms with Gasteiger partial charge in [0.1, 0.15) is 12.4 Å². The molecular formula is C16H11F3O2. The Balaban J connectivity index is 2.01. The van der Waals surface area contributed by atoms with Gasteiger partial charge in [-0.15, -0.1) is 0 Å². The molecule has 0 N–H and O–H groups in total. The van der Waals surface area contributed by atoms with Crippen LogP contribution in [0.15, 0.2) is 48.5 Å². The lowest BCUT2D eigenvalue weighted by Gasteiger charge is -2.02. The van der Waals surface area contributed by atoms with Gasteiger partial charge < -0.3 is 4.74 Å². The molecule has 0 aromatic heterocycles. The van der Waals surface area contributed by atoms with E-state index in [-0.39, 0.29) is 6.61 Å². The Hall–Kier alpha value is -2.56. The third kappa shape index (κ3) is 3.95. The number of benzene rings is 2. The van der Waals surface area contributed by atoms with E-state index in [2.05, 4.69) is 0 Å². The smallest absolute Gasteiger partial charge is 0.331 e. The Kier molecular flexibility index (Phi) is 4.77. The van der Waals surface area contributed by atoms with Crippen molar-refractivity contribution in [2.75, 3.05) is 0 Å². The SMILES string of the molecule is O=C(C=Cc1c(F)ccc(F)c1F)OCc1ccccc1. The molecule has 2 nitrogen and oxygen atoms in total. The van der Waals surface area contributed by atoms with Crippen molar-refractivity contribution in [1.29, 1.82) is 0 Å². The molecule has 0 amide bonds. The summed E-state index contributed by atoms with van der Waals surface area (Å²) in [6.45, 7) is 0.0398. The highest BCUT2D eigenvalue weighted by Crippen LogP contribution is 2.17. The number of esters is 1. The van der Waals surface area contributed by atoms with E-state index in [1.807, 2.05) is 6.07 Å². The van der Waals surface area contributed by atoms with E-state index >= 15 is 0 Å². The van der Waals surface area contributed by atoms with Gasteiger partial charge in [0.25, 0.3) is 0 Å². The van der Waals surface area contributed by atoms with Crippen molar-refractivity contribution >= 4 is 12.0 Å². The maximum Gasteiger partial charge on any atom is 0.331 e. The largest absolute Gasteiger partial charge is 0.458 e. The highest BCUT2D eigenvalue weighted by molar-refractivity contribution is 5.87. The normalized spacial score (nSPS) is 10.8. The number of carbonyl (C=O) groups excluding carboxylic acids is 1. The van der Waals surface area contributed by atoms with Crippen molar-refractivity contribution in [2.45, 2.75) is 6.61 Å². The first kappa shape index (κ1) is 14.8. The molecule has 0 aliphatic rings. The molecule has 0 saturated carbocycles. The van der Waals surface area contributed by atoms with E-state index in [0.717, 1.165) is 23.8 Å². The second-order valence-electron chi connectivity index (χ2n) is 4.18. The Morgan fingerprint density at radius 2 is 1.67 bits per heavy atom. The van der Waals surface area contributed by atoms with Gasteiger partial charge in [-0.2, -0.15) is 0 Å². The molecule has 2 aromatic carbocycles. The number of ether oxygens (including phenoxy) is 1. The molecule has 0 heterocycles. The number of halogens is 3. The zero-order chi connectivity index (χ0) is 15.2. The van der Waals surface area contributed by atoms with Crippen molar-refractivity contribution in [2.24, 2.45) is 0 Å². The predicted molar refractivity (Wildman–Crippen MR) is 71.6 cm³/mol. The fraction of sp³-hybridized carbons (Fsp3) is 0.0625. The van der Waals surface area contributed by atoms with Gasteiger partial charge in [-0.3, -0.25) is 0 Å². The van der Waals surface area contributed by atoms with Gasteiger partial charge in [0.15, 0.2) is 11.6 Å². The first-order valence-corrected chi connectivity index (χ1v) is 6.10. The fourth-order valence-electron chi connectivity index (χ4n) is 1.62. The average Bonchev–Trinajstić information content (AvgIpc) is 2.50. The van der Waals surface area contributed by atoms with Crippen LogP contribution >= 0.6 is 0 Å². The van der Waals surface area contributed by atoms with Crippen LogP contribution < -0.4 is 0 Å². The van der Waals surface area contributed by atoms with Gasteiger partial charge in [-0.25, -0.2) is 18.0 Å². The summed E-state index contributed by atoms with van der Waals surface area (Å²) in [4.78, 5) is 11.4. The highest BCUT2D eigenvalue weighted by Gasteiger charge is 2.11. The van der Waals surface area contributed by atoms with E-state index in [1.165, 1.54) is 0 Å². The number of hydrogen-bond acceptors (Lipinski definition) is 2. The van der Waals surface area contributed by atoms with Crippen LogP contribution in [0.1, 0.15) is 11.1 Å². The van der Waals surface area contributed by atoms with Crippen LogP contribution in [0, 0.1) is 17.5 Å². The molecular weight excluding hydrogens is 281 g/mol. The van der Waals surface area contributed by atoms with Gasteiger partial charge in [0.2, 0.25) is 0 Å². The summed E-state index contributed by atoms with van der Waals surface area (Å²) < 4.78 is 44.5. The van der Waals surface area contributed by atoms with E-state index in [0.29, 0.717) is 6.07 Å². The number of rotatable bonds is 4. The molecule has 2 rings (SSSR count). The zero-order valence-electron chi connectivity index (χ0n) is 10.9. The summed E-state index contributed by atoms with van der Waals surface area (Å²) in [5.74, 6) is -4.27. The van der Waals surface area contributed by atoms with Crippen LogP contribution in [0.2, 0.25) is 0 Å². The maximum absolute atomic E-state index is 13.3. The third-order valence-electron chi connectivity index (χ3n) is 2.69. The minimum absolute atomic E-state index is 0.0398. The van der Waals surface area contributed by atoms with E-state index in [9.17, 15) is 18.0 Å². The van der Waals surface area contributed by atoms with Crippen molar-refractivity contribution < 1.29 is 22.7 Å². The van der Waals surface area contributed by atoms with Crippen LogP contribution in [0.5, 0.6) is 0 Å². The molecule has 0 fully saturated rings. The summed E-state index contributed by atoms with van der Waals surface area (Å²) in [5, 5.41) is 0. The van der Waals surface area contributed by atoms with Gasteiger partial charge in [0, 0.05) is 11.6 Å². The van der Waals surface area contributed by atoms with Gasteiger partial charge in [0.05, 0.1) is 0 Å². The van der Waals surface area contributed by atoms with E-state index in [4.69, 9.17) is 4.74 Å². The van der Waals surface area contributed by atoms with Gasteiger partial charge >= 0.3 is 5.97 Å². The fourth-order valence-corrected chi connectivity index (χ4v) is 1.62. The van der Waals surface area contributed by atoms with Crippen molar-refractivity contribution in [1.82, 2.24) is 0 Å². The molecule has 0 atom stereocenters. The zero-order valence-corrected chi connectivity index (χ0v) is 10.9. The minimum atomic E-state index is -1.35. The second-order valence-corrected chi connectivity index (χ2v) is 4.18. The maximum atomic E-state index is 13.3. The summed E-state index contributed by atoms with van der Waals surface area (Å²) in [6, 6.07) is 10.4. The summed E-state index contributed by atoms with van der Waals surface area (Å²) in [7, 11) is 0. The van der Waals surface area contributed by atoms with Gasteiger partial charge in [-0.05, 0) is 23.8 Å². The van der Waals surface area contributed by atoms with Crippen LogP contribution in [0.4, 0.5) is 13.2 Å². The molecule has 2 aromatic rings. The Bertz CT molecular complexity index is 667. The lowest BCUT2D eigenvalue weighted by atomic mass is 10.1. The molecule has 0 radical (unpaired) electrons. The monoisotopic (exact) mass is 292 g/mol. The molecule has 0 aliphatic heterocycles. The van der Waals surface area contributed by atoms with Crippen LogP contribution in [-0.4, -0.2) is 5.97 Å². The molecule has 0 saturated heterocycles. The predicted octanol–water partition coefficient (Wildman–Crippen LogP) is 3.86. The van der Waals surface area contributed by atoms with Crippen molar-refractivity contribution in [3.05, 3.63) is 77.1 Å². The lowest BCUT2D eigenvalue weighted by Crippen LogP contribution is -2.01. The Labute approximate surface area is 119 Å². The van der Waals surface area contributed by atoms with Crippen LogP contribution in [0.25, 0.3) is 6.08 Å². The topological polar surface area (TPSA) is 26.3 Å². The molecule has 5 heteroatoms. The van der Waals surface area contributed by atoms with Crippen LogP contribution in [0.3, 0.4) is 0 Å². The molecule has 0 unspecified atom stereocenters. The van der Waals surface area contributed by atoms with E-state index < -0.39 is 29.0 Å². The molecule has 0 spiro atoms. The lowest BCUT2D eigenvalue weighted by molar-refractivity contribution is -0.138. The third-order valence-corrected chi connectivity index (χ3v) is 2.69. The molecule has 21 heavy (non-hydrogen) atoms. The Morgan fingerprint density at radius 3 is 2.38 bits per heavy atom. The quantitative estimate of drug-likeness (QED) is 0.486. The minimum Gasteiger partial charge on any atom is -0.458 e. The summed E-state index contributed by atoms with van der Waals surface area (Å²) in [5.41, 5.74) is 0.161. The summed E-state index contributed by atoms with van der Waals surface area (Å²) >= 11 is 0. The Morgan fingerprint density at radius 1 is 1.00 bits per heavy atom. The first-order valence-electron chi connectivity index (χ1n) is 6.10. The van der Waals surface area contributed by atoms with E-state index in [1.54, 1.807) is 24.3 Å². The second kappa shape index (κ2) is 6.74. The van der Waals surface area contributed by atoms with Crippen molar-refractivity contribution in [3.63, 3.8) is 0 Å². The molecule has 0 aliphatic carbocycles. The number of carbonyl (C=O) groups is 1. The van der Waals surface area contributed by atoms with Crippen molar-refractivity contribution in [3.8, 4) is 0 Å². The molecule has 108 valence electrons. The number of hydrogen-bond donors (Lipinski definition) is 0. The van der Waals surface area contributed by atoms with Crippen LogP contribution in [-0.2, 0) is 16.1 Å². The summed E-state index contributed by atoms with van der Waals surface area (Å²) in [6.07, 6.45) is 1.70. The van der Waals surface area contributed by atoms with Gasteiger partial charge in [-0.1, -0.05) is 30.3 Å². The first-order chi connectivity index (χ1) is 10.1. The standard InChI is InChI=1S/C16H11F3O2/c17-13-7-8-14(18)16(19)12(13)6-9-15(20)21-10-11-4-2-1-3-5-11/h1-9H,10H2. The highest BCUT2D eigenvalue weighted by atomic mass is 19.2. The molecule has 0 bridgehead atoms.